The lowest BCUT2D eigenvalue weighted by Crippen LogP contribution is -2.22. The second kappa shape index (κ2) is 5.74. The van der Waals surface area contributed by atoms with Crippen molar-refractivity contribution < 1.29 is 4.39 Å². The minimum atomic E-state index is -0.208. The molecular formula is C16H19FN2. The molecule has 0 amide bonds. The molecule has 0 saturated carbocycles. The van der Waals surface area contributed by atoms with Crippen LogP contribution in [-0.4, -0.2) is 6.54 Å². The maximum Gasteiger partial charge on any atom is 0.125 e. The first-order valence-corrected chi connectivity index (χ1v) is 6.46. The first-order chi connectivity index (χ1) is 9.11. The van der Waals surface area contributed by atoms with Crippen LogP contribution in [0.5, 0.6) is 0 Å². The van der Waals surface area contributed by atoms with Gasteiger partial charge in [-0.05, 0) is 49.2 Å². The molecule has 100 valence electrons. The van der Waals surface area contributed by atoms with Crippen LogP contribution in [0.2, 0.25) is 0 Å². The third kappa shape index (κ3) is 3.05. The third-order valence-corrected chi connectivity index (χ3v) is 3.40. The first kappa shape index (κ1) is 13.4. The number of benzene rings is 2. The maximum atomic E-state index is 13.3. The summed E-state index contributed by atoms with van der Waals surface area (Å²) in [5, 5.41) is 0. The Morgan fingerprint density at radius 2 is 1.89 bits per heavy atom. The van der Waals surface area contributed by atoms with Gasteiger partial charge in [0, 0.05) is 24.5 Å². The van der Waals surface area contributed by atoms with E-state index in [9.17, 15) is 4.39 Å². The second-order valence-electron chi connectivity index (χ2n) is 4.63. The molecule has 0 aliphatic carbocycles. The van der Waals surface area contributed by atoms with E-state index in [2.05, 4.69) is 17.9 Å². The lowest BCUT2D eigenvalue weighted by atomic mass is 10.1. The number of nitrogens with zero attached hydrogens (tertiary/aromatic N) is 1. The van der Waals surface area contributed by atoms with Crippen molar-refractivity contribution in [2.75, 3.05) is 17.2 Å². The normalized spacial score (nSPS) is 10.5. The molecule has 2 aromatic rings. The number of halogens is 1. The van der Waals surface area contributed by atoms with Crippen LogP contribution >= 0.6 is 0 Å². The Kier molecular flexibility index (Phi) is 4.05. The van der Waals surface area contributed by atoms with E-state index in [1.54, 1.807) is 12.1 Å². The second-order valence-corrected chi connectivity index (χ2v) is 4.63. The Balaban J connectivity index is 2.26. The number of rotatable bonds is 4. The number of anilines is 2. The van der Waals surface area contributed by atoms with Crippen LogP contribution in [0, 0.1) is 12.7 Å². The average molecular weight is 258 g/mol. The Morgan fingerprint density at radius 3 is 2.58 bits per heavy atom. The third-order valence-electron chi connectivity index (χ3n) is 3.40. The van der Waals surface area contributed by atoms with Gasteiger partial charge in [-0.2, -0.15) is 0 Å². The molecule has 2 N–H and O–H groups in total. The van der Waals surface area contributed by atoms with E-state index in [-0.39, 0.29) is 5.82 Å². The molecule has 0 aromatic heterocycles. The van der Waals surface area contributed by atoms with Gasteiger partial charge in [-0.25, -0.2) is 4.39 Å². The summed E-state index contributed by atoms with van der Waals surface area (Å²) in [6, 6.07) is 12.6. The zero-order valence-corrected chi connectivity index (χ0v) is 11.4. The molecule has 2 nitrogen and oxygen atoms in total. The predicted octanol–water partition coefficient (Wildman–Crippen LogP) is 3.74. The van der Waals surface area contributed by atoms with Crippen molar-refractivity contribution in [1.29, 1.82) is 0 Å². The van der Waals surface area contributed by atoms with E-state index >= 15 is 0 Å². The zero-order valence-electron chi connectivity index (χ0n) is 11.4. The van der Waals surface area contributed by atoms with Crippen molar-refractivity contribution in [1.82, 2.24) is 0 Å². The predicted molar refractivity (Wildman–Crippen MR) is 78.7 cm³/mol. The molecule has 0 bridgehead atoms. The molecule has 0 aliphatic rings. The molecule has 3 heteroatoms. The van der Waals surface area contributed by atoms with Crippen molar-refractivity contribution in [3.8, 4) is 0 Å². The highest BCUT2D eigenvalue weighted by Crippen LogP contribution is 2.22. The van der Waals surface area contributed by atoms with E-state index in [4.69, 9.17) is 5.73 Å². The Labute approximate surface area is 113 Å². The van der Waals surface area contributed by atoms with Crippen molar-refractivity contribution in [2.45, 2.75) is 20.4 Å². The lowest BCUT2D eigenvalue weighted by molar-refractivity contribution is 0.626. The van der Waals surface area contributed by atoms with Crippen LogP contribution in [0.1, 0.15) is 18.1 Å². The number of nitrogens with two attached hydrogens (primary N) is 1. The molecular weight excluding hydrogens is 239 g/mol. The SMILES string of the molecule is CCN(Cc1cccc(N)c1C)c1cccc(F)c1. The van der Waals surface area contributed by atoms with Gasteiger partial charge in [0.05, 0.1) is 0 Å². The molecule has 2 rings (SSSR count). The molecule has 0 unspecified atom stereocenters. The summed E-state index contributed by atoms with van der Waals surface area (Å²) in [6.07, 6.45) is 0. The monoisotopic (exact) mass is 258 g/mol. The Bertz CT molecular complexity index is 566. The van der Waals surface area contributed by atoms with Crippen LogP contribution in [0.4, 0.5) is 15.8 Å². The van der Waals surface area contributed by atoms with E-state index in [1.165, 1.54) is 11.6 Å². The first-order valence-electron chi connectivity index (χ1n) is 6.46. The Hall–Kier alpha value is -2.03. The summed E-state index contributed by atoms with van der Waals surface area (Å²) in [5.74, 6) is -0.208. The van der Waals surface area contributed by atoms with Crippen molar-refractivity contribution in [3.05, 3.63) is 59.4 Å². The van der Waals surface area contributed by atoms with Gasteiger partial charge in [-0.3, -0.25) is 0 Å². The van der Waals surface area contributed by atoms with E-state index in [1.807, 2.05) is 25.1 Å². The maximum absolute atomic E-state index is 13.3. The molecule has 19 heavy (non-hydrogen) atoms. The summed E-state index contributed by atoms with van der Waals surface area (Å²) < 4.78 is 13.3. The summed E-state index contributed by atoms with van der Waals surface area (Å²) in [5.41, 5.74) is 9.88. The summed E-state index contributed by atoms with van der Waals surface area (Å²) in [6.45, 7) is 5.63. The van der Waals surface area contributed by atoms with Crippen LogP contribution in [0.15, 0.2) is 42.5 Å². The Morgan fingerprint density at radius 1 is 1.16 bits per heavy atom. The van der Waals surface area contributed by atoms with Gasteiger partial charge >= 0.3 is 0 Å². The number of hydrogen-bond donors (Lipinski definition) is 1. The molecule has 0 fully saturated rings. The van der Waals surface area contributed by atoms with E-state index in [0.29, 0.717) is 0 Å². The van der Waals surface area contributed by atoms with Gasteiger partial charge < -0.3 is 10.6 Å². The largest absolute Gasteiger partial charge is 0.399 e. The highest BCUT2D eigenvalue weighted by atomic mass is 19.1. The van der Waals surface area contributed by atoms with Crippen molar-refractivity contribution in [2.24, 2.45) is 0 Å². The van der Waals surface area contributed by atoms with Gasteiger partial charge in [0.1, 0.15) is 5.82 Å². The van der Waals surface area contributed by atoms with Gasteiger partial charge in [-0.1, -0.05) is 18.2 Å². The van der Waals surface area contributed by atoms with Crippen molar-refractivity contribution >= 4 is 11.4 Å². The quantitative estimate of drug-likeness (QED) is 0.846. The van der Waals surface area contributed by atoms with Gasteiger partial charge in [0.2, 0.25) is 0 Å². The topological polar surface area (TPSA) is 29.3 Å². The number of hydrogen-bond acceptors (Lipinski definition) is 2. The fourth-order valence-electron chi connectivity index (χ4n) is 2.14. The summed E-state index contributed by atoms with van der Waals surface area (Å²) in [4.78, 5) is 2.13. The molecule has 2 aromatic carbocycles. The summed E-state index contributed by atoms with van der Waals surface area (Å²) in [7, 11) is 0. The van der Waals surface area contributed by atoms with E-state index < -0.39 is 0 Å². The van der Waals surface area contributed by atoms with Crippen LogP contribution in [0.3, 0.4) is 0 Å². The van der Waals surface area contributed by atoms with Crippen molar-refractivity contribution in [3.63, 3.8) is 0 Å². The van der Waals surface area contributed by atoms with Gasteiger partial charge in [-0.15, -0.1) is 0 Å². The fraction of sp³-hybridized carbons (Fsp3) is 0.250. The summed E-state index contributed by atoms with van der Waals surface area (Å²) >= 11 is 0. The molecule has 0 heterocycles. The van der Waals surface area contributed by atoms with Crippen LogP contribution < -0.4 is 10.6 Å². The fourth-order valence-corrected chi connectivity index (χ4v) is 2.14. The molecule has 0 spiro atoms. The van der Waals surface area contributed by atoms with Crippen LogP contribution in [-0.2, 0) is 6.54 Å². The van der Waals surface area contributed by atoms with Crippen LogP contribution in [0.25, 0.3) is 0 Å². The van der Waals surface area contributed by atoms with Gasteiger partial charge in [0.15, 0.2) is 0 Å². The minimum Gasteiger partial charge on any atom is -0.399 e. The smallest absolute Gasteiger partial charge is 0.125 e. The molecule has 0 aliphatic heterocycles. The molecule has 0 saturated heterocycles. The minimum absolute atomic E-state index is 0.208. The zero-order chi connectivity index (χ0) is 13.8. The average Bonchev–Trinajstić information content (AvgIpc) is 2.40. The molecule has 0 atom stereocenters. The standard InChI is InChI=1S/C16H19FN2/c1-3-19(15-8-5-7-14(17)10-15)11-13-6-4-9-16(18)12(13)2/h4-10H,3,11,18H2,1-2H3. The highest BCUT2D eigenvalue weighted by Gasteiger charge is 2.09. The highest BCUT2D eigenvalue weighted by molar-refractivity contribution is 5.53. The van der Waals surface area contributed by atoms with Gasteiger partial charge in [0.25, 0.3) is 0 Å². The van der Waals surface area contributed by atoms with E-state index in [0.717, 1.165) is 30.0 Å². The number of nitrogen functional groups attached to an aromatic ring is 1. The molecule has 0 radical (unpaired) electrons. The lowest BCUT2D eigenvalue weighted by Gasteiger charge is -2.24.